The van der Waals surface area contributed by atoms with E-state index in [9.17, 15) is 9.36 Å². The Balaban J connectivity index is 2.56. The van der Waals surface area contributed by atoms with Gasteiger partial charge in [0.25, 0.3) is 0 Å². The standard InChI is InChI=1S/C14H21BrNO4P/c1-10(2)9-19-14(17)11(3)16-21(4,18)20-13-7-5-12(15)6-8-13/h5-8,10-11H,9H2,1-4H3,(H,16,18)/t11-,21?/m0/s1. The molecule has 0 aliphatic rings. The van der Waals surface area contributed by atoms with Gasteiger partial charge in [0.15, 0.2) is 0 Å². The number of carbonyl (C=O) groups excluding carboxylic acids is 1. The second-order valence-corrected chi connectivity index (χ2v) is 8.31. The van der Waals surface area contributed by atoms with Gasteiger partial charge in [-0.25, -0.2) is 5.09 Å². The van der Waals surface area contributed by atoms with Gasteiger partial charge in [0.1, 0.15) is 11.8 Å². The Bertz CT molecular complexity index is 518. The van der Waals surface area contributed by atoms with Crippen LogP contribution in [-0.4, -0.2) is 25.3 Å². The number of hydrogen-bond acceptors (Lipinski definition) is 4. The van der Waals surface area contributed by atoms with E-state index < -0.39 is 19.5 Å². The first kappa shape index (κ1) is 18.2. The van der Waals surface area contributed by atoms with Crippen molar-refractivity contribution in [2.24, 2.45) is 5.92 Å². The lowest BCUT2D eigenvalue weighted by Gasteiger charge is -2.20. The molecule has 1 rings (SSSR count). The van der Waals surface area contributed by atoms with Crippen molar-refractivity contribution in [1.82, 2.24) is 5.09 Å². The largest absolute Gasteiger partial charge is 0.464 e. The number of nitrogens with one attached hydrogen (secondary N) is 1. The van der Waals surface area contributed by atoms with E-state index in [4.69, 9.17) is 9.26 Å². The normalized spacial score (nSPS) is 15.3. The molecule has 0 aromatic heterocycles. The molecule has 21 heavy (non-hydrogen) atoms. The van der Waals surface area contributed by atoms with E-state index in [2.05, 4.69) is 21.0 Å². The summed E-state index contributed by atoms with van der Waals surface area (Å²) >= 11 is 3.31. The maximum Gasteiger partial charge on any atom is 0.323 e. The van der Waals surface area contributed by atoms with Crippen LogP contribution in [0.25, 0.3) is 0 Å². The highest BCUT2D eigenvalue weighted by molar-refractivity contribution is 9.10. The third-order valence-electron chi connectivity index (χ3n) is 2.43. The van der Waals surface area contributed by atoms with Gasteiger partial charge in [-0.05, 0) is 37.1 Å². The molecule has 0 aliphatic carbocycles. The van der Waals surface area contributed by atoms with Crippen molar-refractivity contribution >= 4 is 29.4 Å². The average Bonchev–Trinajstić information content (AvgIpc) is 2.37. The van der Waals surface area contributed by atoms with Gasteiger partial charge >= 0.3 is 13.5 Å². The summed E-state index contributed by atoms with van der Waals surface area (Å²) in [5.74, 6) is 0.290. The van der Waals surface area contributed by atoms with Crippen LogP contribution < -0.4 is 9.61 Å². The lowest BCUT2D eigenvalue weighted by Crippen LogP contribution is -2.34. The number of benzene rings is 1. The minimum Gasteiger partial charge on any atom is -0.464 e. The molecule has 1 unspecified atom stereocenters. The first-order valence-corrected chi connectivity index (χ1v) is 9.53. The molecule has 5 nitrogen and oxygen atoms in total. The molecule has 1 aromatic carbocycles. The monoisotopic (exact) mass is 377 g/mol. The van der Waals surface area contributed by atoms with Crippen molar-refractivity contribution in [3.8, 4) is 5.75 Å². The summed E-state index contributed by atoms with van der Waals surface area (Å²) in [6.45, 7) is 7.27. The van der Waals surface area contributed by atoms with Gasteiger partial charge in [-0.2, -0.15) is 0 Å². The summed E-state index contributed by atoms with van der Waals surface area (Å²) < 4.78 is 23.8. The topological polar surface area (TPSA) is 64.6 Å². The molecule has 0 aliphatic heterocycles. The predicted molar refractivity (Wildman–Crippen MR) is 86.7 cm³/mol. The number of hydrogen-bond donors (Lipinski definition) is 1. The first-order valence-electron chi connectivity index (χ1n) is 6.67. The van der Waals surface area contributed by atoms with Gasteiger partial charge in [-0.3, -0.25) is 9.36 Å². The summed E-state index contributed by atoms with van der Waals surface area (Å²) in [5, 5.41) is 2.69. The Kier molecular flexibility index (Phi) is 6.91. The minimum absolute atomic E-state index is 0.258. The van der Waals surface area contributed by atoms with Crippen molar-refractivity contribution in [3.63, 3.8) is 0 Å². The van der Waals surface area contributed by atoms with Crippen LogP contribution in [0.3, 0.4) is 0 Å². The summed E-state index contributed by atoms with van der Waals surface area (Å²) in [7, 11) is -3.15. The van der Waals surface area contributed by atoms with Gasteiger partial charge < -0.3 is 9.26 Å². The van der Waals surface area contributed by atoms with Crippen molar-refractivity contribution in [1.29, 1.82) is 0 Å². The van der Waals surface area contributed by atoms with Crippen molar-refractivity contribution in [2.45, 2.75) is 26.8 Å². The Hall–Kier alpha value is -0.840. The number of carbonyl (C=O) groups is 1. The highest BCUT2D eigenvalue weighted by Gasteiger charge is 2.25. The van der Waals surface area contributed by atoms with Crippen LogP contribution >= 0.6 is 23.4 Å². The number of esters is 1. The molecule has 0 spiro atoms. The third kappa shape index (κ3) is 7.11. The van der Waals surface area contributed by atoms with Crippen LogP contribution in [-0.2, 0) is 14.1 Å². The van der Waals surface area contributed by atoms with E-state index in [0.717, 1.165) is 4.47 Å². The highest BCUT2D eigenvalue weighted by Crippen LogP contribution is 2.39. The Morgan fingerprint density at radius 1 is 1.29 bits per heavy atom. The minimum atomic E-state index is -3.15. The summed E-state index contributed by atoms with van der Waals surface area (Å²) in [4.78, 5) is 11.8. The highest BCUT2D eigenvalue weighted by atomic mass is 79.9. The summed E-state index contributed by atoms with van der Waals surface area (Å²) in [5.41, 5.74) is 0. The summed E-state index contributed by atoms with van der Waals surface area (Å²) in [6, 6.07) is 6.27. The van der Waals surface area contributed by atoms with Crippen LogP contribution in [0.5, 0.6) is 5.75 Å². The zero-order valence-corrected chi connectivity index (χ0v) is 15.1. The second kappa shape index (κ2) is 7.97. The van der Waals surface area contributed by atoms with Gasteiger partial charge in [0.05, 0.1) is 6.61 Å². The fraction of sp³-hybridized carbons (Fsp3) is 0.500. The second-order valence-electron chi connectivity index (χ2n) is 5.27. The van der Waals surface area contributed by atoms with E-state index >= 15 is 0 Å². The van der Waals surface area contributed by atoms with Crippen LogP contribution in [0, 0.1) is 5.92 Å². The molecule has 0 bridgehead atoms. The lowest BCUT2D eigenvalue weighted by atomic mass is 10.2. The molecular weight excluding hydrogens is 357 g/mol. The number of ether oxygens (including phenoxy) is 1. The van der Waals surface area contributed by atoms with E-state index in [0.29, 0.717) is 12.4 Å². The molecule has 2 atom stereocenters. The van der Waals surface area contributed by atoms with Gasteiger partial charge in [-0.1, -0.05) is 29.8 Å². The lowest BCUT2D eigenvalue weighted by molar-refractivity contribution is -0.146. The maximum absolute atomic E-state index is 12.4. The van der Waals surface area contributed by atoms with E-state index in [1.54, 1.807) is 31.2 Å². The number of rotatable bonds is 7. The van der Waals surface area contributed by atoms with Crippen LogP contribution in [0.2, 0.25) is 0 Å². The third-order valence-corrected chi connectivity index (χ3v) is 4.38. The molecule has 1 N–H and O–H groups in total. The molecule has 118 valence electrons. The SMILES string of the molecule is CC(C)COC(=O)[C@H](C)NP(C)(=O)Oc1ccc(Br)cc1. The molecule has 0 saturated carbocycles. The van der Waals surface area contributed by atoms with Crippen LogP contribution in [0.4, 0.5) is 0 Å². The average molecular weight is 378 g/mol. The quantitative estimate of drug-likeness (QED) is 0.577. The van der Waals surface area contributed by atoms with Gasteiger partial charge in [0, 0.05) is 11.1 Å². The zero-order chi connectivity index (χ0) is 16.0. The molecule has 0 amide bonds. The van der Waals surface area contributed by atoms with E-state index in [1.165, 1.54) is 6.66 Å². The Morgan fingerprint density at radius 2 is 1.86 bits per heavy atom. The number of halogens is 1. The molecule has 0 heterocycles. The zero-order valence-electron chi connectivity index (χ0n) is 12.6. The predicted octanol–water partition coefficient (Wildman–Crippen LogP) is 3.83. The summed E-state index contributed by atoms with van der Waals surface area (Å²) in [6.07, 6.45) is 0. The molecule has 7 heteroatoms. The van der Waals surface area contributed by atoms with Crippen LogP contribution in [0.1, 0.15) is 20.8 Å². The fourth-order valence-corrected chi connectivity index (χ4v) is 3.15. The molecule has 0 radical (unpaired) electrons. The molecule has 0 saturated heterocycles. The first-order chi connectivity index (χ1) is 9.69. The van der Waals surface area contributed by atoms with Crippen molar-refractivity contribution in [2.75, 3.05) is 13.3 Å². The fourth-order valence-electron chi connectivity index (χ4n) is 1.50. The van der Waals surface area contributed by atoms with E-state index in [-0.39, 0.29) is 5.92 Å². The van der Waals surface area contributed by atoms with Gasteiger partial charge in [0.2, 0.25) is 0 Å². The molecular formula is C14H21BrNO4P. The van der Waals surface area contributed by atoms with Crippen LogP contribution in [0.15, 0.2) is 28.7 Å². The van der Waals surface area contributed by atoms with Gasteiger partial charge in [-0.15, -0.1) is 0 Å². The van der Waals surface area contributed by atoms with Crippen molar-refractivity contribution in [3.05, 3.63) is 28.7 Å². The Labute approximate surface area is 134 Å². The van der Waals surface area contributed by atoms with Crippen molar-refractivity contribution < 1.29 is 18.6 Å². The van der Waals surface area contributed by atoms with E-state index in [1.807, 2.05) is 13.8 Å². The molecule has 1 aromatic rings. The Morgan fingerprint density at radius 3 is 2.38 bits per heavy atom. The smallest absolute Gasteiger partial charge is 0.323 e. The maximum atomic E-state index is 12.4. The molecule has 0 fully saturated rings.